The summed E-state index contributed by atoms with van der Waals surface area (Å²) in [5.41, 5.74) is 1.86. The molecule has 2 aliphatic heterocycles. The normalized spacial score (nSPS) is 21.0. The van der Waals surface area contributed by atoms with Crippen LogP contribution in [0.25, 0.3) is 0 Å². The van der Waals surface area contributed by atoms with E-state index in [2.05, 4.69) is 10.2 Å². The molecule has 2 amide bonds. The summed E-state index contributed by atoms with van der Waals surface area (Å²) in [5.74, 6) is -0.0237. The van der Waals surface area contributed by atoms with Gasteiger partial charge in [-0.05, 0) is 56.5 Å². The number of amides is 2. The molecule has 4 rings (SSSR count). The minimum Gasteiger partial charge on any atom is -0.340 e. The number of nitrogens with zero attached hydrogens (tertiary/aromatic N) is 2. The molecule has 5 nitrogen and oxygen atoms in total. The van der Waals surface area contributed by atoms with E-state index < -0.39 is 0 Å². The Bertz CT molecular complexity index is 819. The van der Waals surface area contributed by atoms with E-state index in [9.17, 15) is 9.59 Å². The molecule has 2 unspecified atom stereocenters. The molecule has 1 N–H and O–H groups in total. The summed E-state index contributed by atoms with van der Waals surface area (Å²) < 4.78 is 0. The van der Waals surface area contributed by atoms with Crippen LogP contribution < -0.4 is 5.32 Å². The lowest BCUT2D eigenvalue weighted by molar-refractivity contribution is -0.139. The Morgan fingerprint density at radius 3 is 2.21 bits per heavy atom. The van der Waals surface area contributed by atoms with Crippen molar-refractivity contribution in [1.29, 1.82) is 0 Å². The maximum absolute atomic E-state index is 13.6. The van der Waals surface area contributed by atoms with E-state index in [4.69, 9.17) is 0 Å². The number of carbonyl (C=O) groups excluding carboxylic acids is 2. The molecule has 2 aliphatic rings. The van der Waals surface area contributed by atoms with E-state index in [-0.39, 0.29) is 23.8 Å². The van der Waals surface area contributed by atoms with Crippen LogP contribution in [0.2, 0.25) is 0 Å². The Balaban J connectivity index is 1.47. The van der Waals surface area contributed by atoms with Crippen LogP contribution in [0.1, 0.15) is 37.3 Å². The van der Waals surface area contributed by atoms with Crippen LogP contribution in [0.15, 0.2) is 60.7 Å². The molecule has 2 atom stereocenters. The average molecular weight is 392 g/mol. The first-order valence-corrected chi connectivity index (χ1v) is 10.7. The number of piperidine rings is 1. The second-order valence-corrected chi connectivity index (χ2v) is 8.03. The molecule has 2 saturated heterocycles. The molecular formula is C24H29N3O2. The fourth-order valence-electron chi connectivity index (χ4n) is 4.47. The van der Waals surface area contributed by atoms with Crippen LogP contribution in [0, 0.1) is 5.92 Å². The highest BCUT2D eigenvalue weighted by molar-refractivity contribution is 5.93. The zero-order chi connectivity index (χ0) is 20.1. The number of para-hydroxylation sites is 1. The van der Waals surface area contributed by atoms with Crippen LogP contribution in [0.3, 0.4) is 0 Å². The van der Waals surface area contributed by atoms with Crippen LogP contribution >= 0.6 is 0 Å². The lowest BCUT2D eigenvalue weighted by Crippen LogP contribution is -2.48. The third-order valence-electron chi connectivity index (χ3n) is 6.00. The van der Waals surface area contributed by atoms with E-state index in [1.54, 1.807) is 0 Å². The van der Waals surface area contributed by atoms with Crippen molar-refractivity contribution in [1.82, 2.24) is 9.80 Å². The predicted molar refractivity (Wildman–Crippen MR) is 114 cm³/mol. The Hall–Kier alpha value is -2.66. The van der Waals surface area contributed by atoms with Gasteiger partial charge in [0, 0.05) is 18.8 Å². The number of benzene rings is 2. The first-order valence-electron chi connectivity index (χ1n) is 10.7. The van der Waals surface area contributed by atoms with Gasteiger partial charge in [-0.25, -0.2) is 0 Å². The van der Waals surface area contributed by atoms with Crippen molar-refractivity contribution in [2.24, 2.45) is 5.92 Å². The zero-order valence-electron chi connectivity index (χ0n) is 16.8. The van der Waals surface area contributed by atoms with Crippen molar-refractivity contribution in [3.63, 3.8) is 0 Å². The highest BCUT2D eigenvalue weighted by Gasteiger charge is 2.36. The third-order valence-corrected chi connectivity index (χ3v) is 6.00. The van der Waals surface area contributed by atoms with Crippen LogP contribution in [0.5, 0.6) is 0 Å². The number of likely N-dealkylation sites (tertiary alicyclic amines) is 2. The van der Waals surface area contributed by atoms with Gasteiger partial charge in [-0.2, -0.15) is 0 Å². The predicted octanol–water partition coefficient (Wildman–Crippen LogP) is 3.70. The maximum atomic E-state index is 13.6. The van der Waals surface area contributed by atoms with Gasteiger partial charge in [0.25, 0.3) is 0 Å². The summed E-state index contributed by atoms with van der Waals surface area (Å²) in [7, 11) is 0. The van der Waals surface area contributed by atoms with E-state index >= 15 is 0 Å². The van der Waals surface area contributed by atoms with Gasteiger partial charge in [0.1, 0.15) is 6.04 Å². The SMILES string of the molecule is O=C(Nc1ccccc1)C1CCCN(C(=O)C(c2ccccc2)N2CCCC2)C1. The number of hydrogen-bond donors (Lipinski definition) is 1. The van der Waals surface area contributed by atoms with Crippen molar-refractivity contribution in [3.05, 3.63) is 66.2 Å². The molecular weight excluding hydrogens is 362 g/mol. The Labute approximate surface area is 172 Å². The van der Waals surface area contributed by atoms with Gasteiger partial charge in [-0.15, -0.1) is 0 Å². The molecule has 2 aromatic rings. The number of hydrogen-bond acceptors (Lipinski definition) is 3. The van der Waals surface area contributed by atoms with Gasteiger partial charge in [-0.3, -0.25) is 14.5 Å². The van der Waals surface area contributed by atoms with Gasteiger partial charge in [-0.1, -0.05) is 48.5 Å². The van der Waals surface area contributed by atoms with E-state index in [1.165, 1.54) is 0 Å². The fraction of sp³-hybridized carbons (Fsp3) is 0.417. The van der Waals surface area contributed by atoms with Crippen molar-refractivity contribution in [3.8, 4) is 0 Å². The van der Waals surface area contributed by atoms with Gasteiger partial charge in [0.15, 0.2) is 0 Å². The Kier molecular flexibility index (Phi) is 6.25. The second-order valence-electron chi connectivity index (χ2n) is 8.03. The molecule has 152 valence electrons. The molecule has 2 heterocycles. The van der Waals surface area contributed by atoms with Crippen LogP contribution in [0.4, 0.5) is 5.69 Å². The summed E-state index contributed by atoms with van der Waals surface area (Å²) in [6, 6.07) is 19.4. The largest absolute Gasteiger partial charge is 0.340 e. The molecule has 0 spiro atoms. The molecule has 0 saturated carbocycles. The topological polar surface area (TPSA) is 52.7 Å². The molecule has 29 heavy (non-hydrogen) atoms. The highest BCUT2D eigenvalue weighted by Crippen LogP contribution is 2.29. The average Bonchev–Trinajstić information content (AvgIpc) is 3.30. The van der Waals surface area contributed by atoms with Crippen molar-refractivity contribution in [2.75, 3.05) is 31.5 Å². The van der Waals surface area contributed by atoms with Crippen molar-refractivity contribution < 1.29 is 9.59 Å². The molecule has 2 fully saturated rings. The molecule has 5 heteroatoms. The number of nitrogens with one attached hydrogen (secondary N) is 1. The van der Waals surface area contributed by atoms with E-state index in [0.29, 0.717) is 6.54 Å². The smallest absolute Gasteiger partial charge is 0.244 e. The van der Waals surface area contributed by atoms with Crippen molar-refractivity contribution in [2.45, 2.75) is 31.7 Å². The molecule has 0 bridgehead atoms. The lowest BCUT2D eigenvalue weighted by atomic mass is 9.95. The minimum atomic E-state index is -0.241. The van der Waals surface area contributed by atoms with Gasteiger partial charge < -0.3 is 10.2 Å². The highest BCUT2D eigenvalue weighted by atomic mass is 16.2. The lowest BCUT2D eigenvalue weighted by Gasteiger charge is -2.37. The molecule has 2 aromatic carbocycles. The first kappa shape index (κ1) is 19.6. The summed E-state index contributed by atoms with van der Waals surface area (Å²) in [5, 5.41) is 3.00. The number of rotatable bonds is 5. The van der Waals surface area contributed by atoms with Gasteiger partial charge in [0.05, 0.1) is 5.92 Å². The van der Waals surface area contributed by atoms with E-state index in [1.807, 2.05) is 65.6 Å². The van der Waals surface area contributed by atoms with Gasteiger partial charge in [0.2, 0.25) is 11.8 Å². The maximum Gasteiger partial charge on any atom is 0.244 e. The summed E-state index contributed by atoms with van der Waals surface area (Å²) in [6.45, 7) is 3.13. The number of carbonyl (C=O) groups is 2. The molecule has 0 radical (unpaired) electrons. The molecule has 0 aliphatic carbocycles. The number of anilines is 1. The monoisotopic (exact) mass is 391 g/mol. The second kappa shape index (κ2) is 9.23. The first-order chi connectivity index (χ1) is 14.2. The summed E-state index contributed by atoms with van der Waals surface area (Å²) in [6.07, 6.45) is 3.96. The third kappa shape index (κ3) is 4.67. The zero-order valence-corrected chi connectivity index (χ0v) is 16.8. The van der Waals surface area contributed by atoms with Crippen LogP contribution in [-0.4, -0.2) is 47.8 Å². The fourth-order valence-corrected chi connectivity index (χ4v) is 4.47. The summed E-state index contributed by atoms with van der Waals surface area (Å²) in [4.78, 5) is 30.5. The Morgan fingerprint density at radius 2 is 1.52 bits per heavy atom. The van der Waals surface area contributed by atoms with E-state index in [0.717, 1.165) is 56.6 Å². The van der Waals surface area contributed by atoms with Crippen molar-refractivity contribution >= 4 is 17.5 Å². The summed E-state index contributed by atoms with van der Waals surface area (Å²) >= 11 is 0. The Morgan fingerprint density at radius 1 is 0.862 bits per heavy atom. The van der Waals surface area contributed by atoms with Gasteiger partial charge >= 0.3 is 0 Å². The molecule has 0 aromatic heterocycles. The standard InChI is InChI=1S/C24H29N3O2/c28-23(25-21-13-5-2-6-14-21)20-12-9-17-27(18-20)24(29)22(26-15-7-8-16-26)19-10-3-1-4-11-19/h1-6,10-11,13-14,20,22H,7-9,12,15-18H2,(H,25,28). The minimum absolute atomic E-state index is 0.00568. The quantitative estimate of drug-likeness (QED) is 0.846. The van der Waals surface area contributed by atoms with Crippen LogP contribution in [-0.2, 0) is 9.59 Å².